The van der Waals surface area contributed by atoms with Crippen molar-refractivity contribution in [2.24, 2.45) is 0 Å². The van der Waals surface area contributed by atoms with E-state index in [1.807, 2.05) is 0 Å². The number of halogens is 3. The van der Waals surface area contributed by atoms with Gasteiger partial charge < -0.3 is 9.47 Å². The van der Waals surface area contributed by atoms with Crippen molar-refractivity contribution >= 4 is 54.9 Å². The summed E-state index contributed by atoms with van der Waals surface area (Å²) in [5.74, 6) is -1.71. The molecule has 0 saturated heterocycles. The van der Waals surface area contributed by atoms with Crippen LogP contribution in [0.3, 0.4) is 0 Å². The van der Waals surface area contributed by atoms with Crippen molar-refractivity contribution in [2.45, 2.75) is 0 Å². The van der Waals surface area contributed by atoms with Gasteiger partial charge in [0, 0.05) is 10.0 Å². The molecule has 1 aromatic carbocycles. The molecular weight excluding hydrogens is 443 g/mol. The van der Waals surface area contributed by atoms with Gasteiger partial charge in [0.15, 0.2) is 24.0 Å². The summed E-state index contributed by atoms with van der Waals surface area (Å²) < 4.78 is 24.7. The van der Waals surface area contributed by atoms with Crippen LogP contribution in [0.15, 0.2) is 32.5 Å². The van der Waals surface area contributed by atoms with E-state index >= 15 is 0 Å². The van der Waals surface area contributed by atoms with Crippen molar-refractivity contribution in [1.29, 1.82) is 0 Å². The van der Waals surface area contributed by atoms with Gasteiger partial charge >= 0.3 is 5.97 Å². The van der Waals surface area contributed by atoms with Crippen LogP contribution in [0.5, 0.6) is 5.75 Å². The van der Waals surface area contributed by atoms with E-state index < -0.39 is 24.2 Å². The number of ether oxygens (including phenoxy) is 2. The van der Waals surface area contributed by atoms with E-state index in [0.29, 0.717) is 4.88 Å². The van der Waals surface area contributed by atoms with Crippen LogP contribution in [-0.4, -0.2) is 25.5 Å². The van der Waals surface area contributed by atoms with Crippen molar-refractivity contribution in [3.8, 4) is 5.75 Å². The van der Waals surface area contributed by atoms with Gasteiger partial charge in [-0.2, -0.15) is 0 Å². The molecule has 4 nitrogen and oxygen atoms in total. The Morgan fingerprint density at radius 2 is 2.00 bits per heavy atom. The van der Waals surface area contributed by atoms with E-state index in [0.717, 1.165) is 14.3 Å². The van der Waals surface area contributed by atoms with Gasteiger partial charge in [-0.3, -0.25) is 4.79 Å². The lowest BCUT2D eigenvalue weighted by Gasteiger charge is -2.05. The second-order valence-corrected chi connectivity index (χ2v) is 7.31. The zero-order chi connectivity index (χ0) is 16.3. The number of hydrogen-bond donors (Lipinski definition) is 0. The van der Waals surface area contributed by atoms with Crippen molar-refractivity contribution in [3.05, 3.63) is 48.8 Å². The van der Waals surface area contributed by atoms with Gasteiger partial charge in [-0.15, -0.1) is 11.3 Å². The maximum Gasteiger partial charge on any atom is 0.348 e. The maximum atomic E-state index is 13.5. The molecule has 0 spiro atoms. The van der Waals surface area contributed by atoms with Crippen LogP contribution >= 0.6 is 43.2 Å². The molecule has 0 fully saturated rings. The van der Waals surface area contributed by atoms with Gasteiger partial charge in [0.2, 0.25) is 0 Å². The largest absolute Gasteiger partial charge is 0.494 e. The minimum atomic E-state index is -0.647. The molecule has 0 radical (unpaired) electrons. The lowest BCUT2D eigenvalue weighted by molar-refractivity contribution is 0.0479. The number of carbonyl (C=O) groups is 2. The highest BCUT2D eigenvalue weighted by molar-refractivity contribution is 9.13. The van der Waals surface area contributed by atoms with E-state index in [4.69, 9.17) is 9.47 Å². The van der Waals surface area contributed by atoms with Crippen molar-refractivity contribution in [2.75, 3.05) is 13.7 Å². The van der Waals surface area contributed by atoms with Gasteiger partial charge in [0.05, 0.1) is 10.9 Å². The molecule has 0 aliphatic carbocycles. The van der Waals surface area contributed by atoms with Crippen LogP contribution in [0.4, 0.5) is 4.39 Å². The summed E-state index contributed by atoms with van der Waals surface area (Å²) in [4.78, 5) is 24.1. The topological polar surface area (TPSA) is 52.6 Å². The Morgan fingerprint density at radius 1 is 1.27 bits per heavy atom. The van der Waals surface area contributed by atoms with Crippen LogP contribution in [0.25, 0.3) is 0 Å². The molecular formula is C14H9Br2FO4S. The predicted octanol–water partition coefficient (Wildman–Crippen LogP) is 4.46. The molecule has 0 saturated carbocycles. The molecule has 8 heteroatoms. The number of hydrogen-bond acceptors (Lipinski definition) is 5. The highest BCUT2D eigenvalue weighted by Gasteiger charge is 2.16. The highest BCUT2D eigenvalue weighted by atomic mass is 79.9. The molecule has 22 heavy (non-hydrogen) atoms. The van der Waals surface area contributed by atoms with Crippen molar-refractivity contribution < 1.29 is 23.5 Å². The third kappa shape index (κ3) is 3.93. The quantitative estimate of drug-likeness (QED) is 0.497. The molecule has 0 atom stereocenters. The monoisotopic (exact) mass is 450 g/mol. The summed E-state index contributed by atoms with van der Waals surface area (Å²) in [5.41, 5.74) is 0.111. The van der Waals surface area contributed by atoms with E-state index in [9.17, 15) is 14.0 Å². The van der Waals surface area contributed by atoms with Crippen LogP contribution in [-0.2, 0) is 4.74 Å². The van der Waals surface area contributed by atoms with E-state index in [1.165, 1.54) is 30.6 Å². The fourth-order valence-electron chi connectivity index (χ4n) is 1.57. The number of esters is 1. The first-order valence-electron chi connectivity index (χ1n) is 5.91. The Balaban J connectivity index is 2.00. The summed E-state index contributed by atoms with van der Waals surface area (Å²) in [7, 11) is 1.33. The fourth-order valence-corrected chi connectivity index (χ4v) is 3.50. The van der Waals surface area contributed by atoms with E-state index in [-0.39, 0.29) is 11.3 Å². The first kappa shape index (κ1) is 17.1. The van der Waals surface area contributed by atoms with Crippen molar-refractivity contribution in [1.82, 2.24) is 0 Å². The predicted molar refractivity (Wildman–Crippen MR) is 87.3 cm³/mol. The van der Waals surface area contributed by atoms with Gasteiger partial charge in [0.1, 0.15) is 4.88 Å². The molecule has 1 heterocycles. The SMILES string of the molecule is COc1ccc(C(=O)COC(=O)c2cc(Br)c(Br)s2)cc1F. The minimum absolute atomic E-state index is 0.0434. The summed E-state index contributed by atoms with van der Waals surface area (Å²) in [6.45, 7) is -0.461. The normalized spacial score (nSPS) is 10.4. The zero-order valence-electron chi connectivity index (χ0n) is 11.2. The molecule has 0 amide bonds. The van der Waals surface area contributed by atoms with Crippen LogP contribution in [0, 0.1) is 5.82 Å². The number of rotatable bonds is 5. The Morgan fingerprint density at radius 3 is 2.55 bits per heavy atom. The highest BCUT2D eigenvalue weighted by Crippen LogP contribution is 2.32. The molecule has 116 valence electrons. The van der Waals surface area contributed by atoms with Crippen LogP contribution in [0.1, 0.15) is 20.0 Å². The molecule has 0 unspecified atom stereocenters. The molecule has 1 aromatic heterocycles. The summed E-state index contributed by atoms with van der Waals surface area (Å²) in [6, 6.07) is 5.40. The number of Topliss-reactive ketones (excluding diaryl/α,β-unsaturated/α-hetero) is 1. The lowest BCUT2D eigenvalue weighted by atomic mass is 10.1. The Labute approximate surface area is 146 Å². The average Bonchev–Trinajstić information content (AvgIpc) is 2.84. The molecule has 0 N–H and O–H groups in total. The Bertz CT molecular complexity index is 710. The minimum Gasteiger partial charge on any atom is -0.494 e. The summed E-state index contributed by atoms with van der Waals surface area (Å²) in [5, 5.41) is 0. The third-order valence-electron chi connectivity index (χ3n) is 2.65. The number of ketones is 1. The first-order chi connectivity index (χ1) is 10.4. The second-order valence-electron chi connectivity index (χ2n) is 4.08. The smallest absolute Gasteiger partial charge is 0.348 e. The lowest BCUT2D eigenvalue weighted by Crippen LogP contribution is -2.13. The number of thiophene rings is 1. The Kier molecular flexibility index (Phi) is 5.71. The summed E-state index contributed by atoms with van der Waals surface area (Å²) >= 11 is 7.71. The van der Waals surface area contributed by atoms with Gasteiger partial charge in [-0.1, -0.05) is 0 Å². The van der Waals surface area contributed by atoms with Gasteiger partial charge in [0.25, 0.3) is 0 Å². The maximum absolute atomic E-state index is 13.5. The van der Waals surface area contributed by atoms with Crippen LogP contribution < -0.4 is 4.74 Å². The van der Waals surface area contributed by atoms with Crippen molar-refractivity contribution in [3.63, 3.8) is 0 Å². The molecule has 0 aliphatic rings. The molecule has 2 aromatic rings. The van der Waals surface area contributed by atoms with Gasteiger partial charge in [-0.05, 0) is 56.1 Å². The summed E-state index contributed by atoms with van der Waals surface area (Å²) in [6.07, 6.45) is 0. The third-order valence-corrected chi connectivity index (χ3v) is 5.89. The molecule has 2 rings (SSSR count). The molecule has 0 aliphatic heterocycles. The van der Waals surface area contributed by atoms with Gasteiger partial charge in [-0.25, -0.2) is 9.18 Å². The van der Waals surface area contributed by atoms with E-state index in [2.05, 4.69) is 31.9 Å². The first-order valence-corrected chi connectivity index (χ1v) is 8.31. The van der Waals surface area contributed by atoms with E-state index in [1.54, 1.807) is 6.07 Å². The molecule has 0 bridgehead atoms. The number of benzene rings is 1. The standard InChI is InChI=1S/C14H9Br2FO4S/c1-20-11-3-2-7(4-9(11)17)10(18)6-21-14(19)12-5-8(15)13(16)22-12/h2-5H,6H2,1H3. The zero-order valence-corrected chi connectivity index (χ0v) is 15.2. The number of methoxy groups -OCH3 is 1. The Hall–Kier alpha value is -1.25. The number of carbonyl (C=O) groups excluding carboxylic acids is 2. The average molecular weight is 452 g/mol. The second kappa shape index (κ2) is 7.34. The fraction of sp³-hybridized carbons (Fsp3) is 0.143. The van der Waals surface area contributed by atoms with Crippen LogP contribution in [0.2, 0.25) is 0 Å².